The van der Waals surface area contributed by atoms with Gasteiger partial charge in [-0.05, 0) is 60.2 Å². The first-order valence-electron chi connectivity index (χ1n) is 9.75. The number of rotatable bonds is 8. The molecule has 0 aliphatic rings. The van der Waals surface area contributed by atoms with Crippen LogP contribution in [0.3, 0.4) is 0 Å². The van der Waals surface area contributed by atoms with E-state index >= 15 is 0 Å². The molecule has 1 aromatic heterocycles. The summed E-state index contributed by atoms with van der Waals surface area (Å²) in [7, 11) is 0. The van der Waals surface area contributed by atoms with E-state index < -0.39 is 0 Å². The fourth-order valence-corrected chi connectivity index (χ4v) is 3.21. The van der Waals surface area contributed by atoms with E-state index in [2.05, 4.69) is 10.4 Å². The Kier molecular flexibility index (Phi) is 6.94. The minimum absolute atomic E-state index is 0.188. The topological polar surface area (TPSA) is 65.4 Å². The first kappa shape index (κ1) is 21.7. The third kappa shape index (κ3) is 6.03. The molecule has 1 heterocycles. The standard InChI is InChI=1S/C24H19Cl2N3O3/c25-19-7-9-22(10-8-19)31-15-17-3-1-4-18(11-17)24(30)28-21-13-27-29(14-21)16-32-23-6-2-5-20(26)12-23/h1-14H,15-16H2,(H,28,30). The first-order valence-corrected chi connectivity index (χ1v) is 10.5. The van der Waals surface area contributed by atoms with Crippen molar-refractivity contribution in [3.63, 3.8) is 0 Å². The number of aromatic nitrogens is 2. The molecule has 1 amide bonds. The quantitative estimate of drug-likeness (QED) is 0.342. The zero-order chi connectivity index (χ0) is 22.3. The smallest absolute Gasteiger partial charge is 0.255 e. The molecule has 0 aliphatic carbocycles. The zero-order valence-electron chi connectivity index (χ0n) is 16.9. The van der Waals surface area contributed by atoms with Crippen molar-refractivity contribution in [2.24, 2.45) is 0 Å². The molecule has 0 fully saturated rings. The number of nitrogens with one attached hydrogen (secondary N) is 1. The molecule has 0 unspecified atom stereocenters. The summed E-state index contributed by atoms with van der Waals surface area (Å²) in [5.74, 6) is 1.10. The number of carbonyl (C=O) groups excluding carboxylic acids is 1. The summed E-state index contributed by atoms with van der Waals surface area (Å²) in [5.41, 5.74) is 1.95. The molecule has 0 bridgehead atoms. The van der Waals surface area contributed by atoms with Gasteiger partial charge in [-0.1, -0.05) is 41.4 Å². The van der Waals surface area contributed by atoms with Gasteiger partial charge in [-0.3, -0.25) is 4.79 Å². The number of amides is 1. The average molecular weight is 468 g/mol. The van der Waals surface area contributed by atoms with E-state index in [0.29, 0.717) is 39.4 Å². The highest BCUT2D eigenvalue weighted by Gasteiger charge is 2.09. The fourth-order valence-electron chi connectivity index (χ4n) is 2.90. The molecule has 4 rings (SSSR count). The number of ether oxygens (including phenoxy) is 2. The van der Waals surface area contributed by atoms with E-state index in [1.807, 2.05) is 18.2 Å². The van der Waals surface area contributed by atoms with Crippen LogP contribution in [0.1, 0.15) is 15.9 Å². The zero-order valence-corrected chi connectivity index (χ0v) is 18.4. The molecular formula is C24H19Cl2N3O3. The van der Waals surface area contributed by atoms with Crippen molar-refractivity contribution in [2.75, 3.05) is 5.32 Å². The minimum Gasteiger partial charge on any atom is -0.489 e. The number of carbonyl (C=O) groups is 1. The van der Waals surface area contributed by atoms with Crippen LogP contribution in [0.2, 0.25) is 10.0 Å². The van der Waals surface area contributed by atoms with Crippen LogP contribution in [0.4, 0.5) is 5.69 Å². The lowest BCUT2D eigenvalue weighted by atomic mass is 10.1. The second-order valence-corrected chi connectivity index (χ2v) is 7.77. The highest BCUT2D eigenvalue weighted by molar-refractivity contribution is 6.30. The van der Waals surface area contributed by atoms with E-state index in [0.717, 1.165) is 5.56 Å². The van der Waals surface area contributed by atoms with Crippen molar-refractivity contribution in [2.45, 2.75) is 13.3 Å². The van der Waals surface area contributed by atoms with Crippen molar-refractivity contribution >= 4 is 34.8 Å². The van der Waals surface area contributed by atoms with Crippen LogP contribution in [-0.4, -0.2) is 15.7 Å². The summed E-state index contributed by atoms with van der Waals surface area (Å²) in [4.78, 5) is 12.7. The molecule has 0 saturated carbocycles. The number of benzene rings is 3. The Morgan fingerprint density at radius 3 is 2.53 bits per heavy atom. The normalized spacial score (nSPS) is 10.6. The second kappa shape index (κ2) is 10.2. The predicted octanol–water partition coefficient (Wildman–Crippen LogP) is 6.06. The first-order chi connectivity index (χ1) is 15.5. The highest BCUT2D eigenvalue weighted by atomic mass is 35.5. The Labute approximate surface area is 195 Å². The summed E-state index contributed by atoms with van der Waals surface area (Å²) >= 11 is 11.8. The van der Waals surface area contributed by atoms with Gasteiger partial charge in [0.2, 0.25) is 0 Å². The molecule has 0 atom stereocenters. The largest absolute Gasteiger partial charge is 0.489 e. The Morgan fingerprint density at radius 1 is 0.906 bits per heavy atom. The lowest BCUT2D eigenvalue weighted by Gasteiger charge is -2.08. The van der Waals surface area contributed by atoms with Crippen molar-refractivity contribution in [1.82, 2.24) is 9.78 Å². The third-order valence-electron chi connectivity index (χ3n) is 4.46. The van der Waals surface area contributed by atoms with Crippen molar-refractivity contribution in [3.8, 4) is 11.5 Å². The van der Waals surface area contributed by atoms with Crippen LogP contribution in [-0.2, 0) is 13.3 Å². The Hall–Kier alpha value is -3.48. The van der Waals surface area contributed by atoms with Crippen molar-refractivity contribution in [1.29, 1.82) is 0 Å². The maximum absolute atomic E-state index is 12.7. The van der Waals surface area contributed by atoms with Crippen LogP contribution in [0.5, 0.6) is 11.5 Å². The molecule has 0 aliphatic heterocycles. The molecule has 162 valence electrons. The van der Waals surface area contributed by atoms with Crippen LogP contribution in [0, 0.1) is 0 Å². The van der Waals surface area contributed by atoms with Gasteiger partial charge in [-0.25, -0.2) is 4.68 Å². The van der Waals surface area contributed by atoms with Crippen LogP contribution in [0.15, 0.2) is 85.2 Å². The molecule has 0 saturated heterocycles. The van der Waals surface area contributed by atoms with Crippen molar-refractivity contribution in [3.05, 3.63) is 106 Å². The van der Waals surface area contributed by atoms with Gasteiger partial charge in [0.25, 0.3) is 5.91 Å². The minimum atomic E-state index is -0.242. The fraction of sp³-hybridized carbons (Fsp3) is 0.0833. The molecule has 3 aromatic carbocycles. The van der Waals surface area contributed by atoms with Crippen LogP contribution < -0.4 is 14.8 Å². The van der Waals surface area contributed by atoms with Gasteiger partial charge in [0, 0.05) is 15.6 Å². The van der Waals surface area contributed by atoms with Crippen molar-refractivity contribution < 1.29 is 14.3 Å². The number of hydrogen-bond acceptors (Lipinski definition) is 4. The van der Waals surface area contributed by atoms with E-state index in [4.69, 9.17) is 32.7 Å². The number of halogens is 2. The third-order valence-corrected chi connectivity index (χ3v) is 4.95. The molecule has 6 nitrogen and oxygen atoms in total. The molecular weight excluding hydrogens is 449 g/mol. The number of anilines is 1. The van der Waals surface area contributed by atoms with Gasteiger partial charge in [0.05, 0.1) is 18.1 Å². The molecule has 0 spiro atoms. The van der Waals surface area contributed by atoms with Crippen LogP contribution in [0.25, 0.3) is 0 Å². The lowest BCUT2D eigenvalue weighted by Crippen LogP contribution is -2.12. The second-order valence-electron chi connectivity index (χ2n) is 6.90. The van der Waals surface area contributed by atoms with Gasteiger partial charge in [-0.2, -0.15) is 5.10 Å². The monoisotopic (exact) mass is 467 g/mol. The maximum atomic E-state index is 12.7. The molecule has 4 aromatic rings. The Balaban J connectivity index is 1.32. The molecule has 1 N–H and O–H groups in total. The van der Waals surface area contributed by atoms with E-state index in [1.54, 1.807) is 71.7 Å². The van der Waals surface area contributed by atoms with Crippen LogP contribution >= 0.6 is 23.2 Å². The Bertz CT molecular complexity index is 1210. The van der Waals surface area contributed by atoms with E-state index in [1.165, 1.54) is 0 Å². The SMILES string of the molecule is O=C(Nc1cnn(COc2cccc(Cl)c2)c1)c1cccc(COc2ccc(Cl)cc2)c1. The predicted molar refractivity (Wildman–Crippen MR) is 124 cm³/mol. The highest BCUT2D eigenvalue weighted by Crippen LogP contribution is 2.19. The average Bonchev–Trinajstić information content (AvgIpc) is 3.25. The van der Waals surface area contributed by atoms with E-state index in [-0.39, 0.29) is 12.6 Å². The number of hydrogen-bond donors (Lipinski definition) is 1. The summed E-state index contributed by atoms with van der Waals surface area (Å²) in [6, 6.07) is 21.5. The number of nitrogens with zero attached hydrogens (tertiary/aromatic N) is 2. The molecule has 32 heavy (non-hydrogen) atoms. The van der Waals surface area contributed by atoms with Gasteiger partial charge in [-0.15, -0.1) is 0 Å². The lowest BCUT2D eigenvalue weighted by molar-refractivity contribution is 0.102. The van der Waals surface area contributed by atoms with Gasteiger partial charge in [0.1, 0.15) is 18.1 Å². The van der Waals surface area contributed by atoms with Gasteiger partial charge < -0.3 is 14.8 Å². The summed E-state index contributed by atoms with van der Waals surface area (Å²) < 4.78 is 13.0. The Morgan fingerprint density at radius 2 is 1.72 bits per heavy atom. The summed E-state index contributed by atoms with van der Waals surface area (Å²) in [5, 5.41) is 8.28. The summed E-state index contributed by atoms with van der Waals surface area (Å²) in [6.07, 6.45) is 3.25. The van der Waals surface area contributed by atoms with Gasteiger partial charge in [0.15, 0.2) is 6.73 Å². The maximum Gasteiger partial charge on any atom is 0.255 e. The molecule has 8 heteroatoms. The van der Waals surface area contributed by atoms with E-state index in [9.17, 15) is 4.79 Å². The molecule has 0 radical (unpaired) electrons. The summed E-state index contributed by atoms with van der Waals surface area (Å²) in [6.45, 7) is 0.523. The van der Waals surface area contributed by atoms with Gasteiger partial charge >= 0.3 is 0 Å².